The molecule has 1 aliphatic rings. The van der Waals surface area contributed by atoms with Crippen LogP contribution in [0.5, 0.6) is 5.75 Å². The van der Waals surface area contributed by atoms with Gasteiger partial charge in [-0.1, -0.05) is 12.1 Å². The number of nitrogens with zero attached hydrogens (tertiary/aromatic N) is 1. The molecule has 7 nitrogen and oxygen atoms in total. The maximum absolute atomic E-state index is 14.4. The Kier molecular flexibility index (Phi) is 7.06. The molecule has 3 aromatic rings. The molecule has 0 aliphatic heterocycles. The summed E-state index contributed by atoms with van der Waals surface area (Å²) in [6.07, 6.45) is 1.98. The first-order valence-corrected chi connectivity index (χ1v) is 11.7. The quantitative estimate of drug-likeness (QED) is 0.415. The number of halogens is 2. The average Bonchev–Trinajstić information content (AvgIpc) is 3.53. The van der Waals surface area contributed by atoms with Gasteiger partial charge in [-0.2, -0.15) is 0 Å². The standard InChI is InChI=1S/C24H24F2N4O3S/c1-27-18-5-3-4-14(21(18)23(32)28-2)10-20(31)30-24-29-19(12-34-24)15-8-16(25)22(17(26)9-15)33-11-13-6-7-13/h3-5,8-9,12-13,27H,6-7,10-11H2,1-2H3,(H,28,32)(H,29,30,31). The molecule has 0 atom stereocenters. The van der Waals surface area contributed by atoms with E-state index in [1.165, 1.54) is 19.2 Å². The minimum Gasteiger partial charge on any atom is -0.487 e. The second-order valence-corrected chi connectivity index (χ2v) is 8.81. The number of carbonyl (C=O) groups excluding carboxylic acids is 2. The highest BCUT2D eigenvalue weighted by atomic mass is 32.1. The largest absolute Gasteiger partial charge is 0.487 e. The van der Waals surface area contributed by atoms with Crippen LogP contribution in [0.25, 0.3) is 11.3 Å². The third kappa shape index (κ3) is 5.33. The number of carbonyl (C=O) groups is 2. The molecule has 0 saturated heterocycles. The van der Waals surface area contributed by atoms with E-state index in [9.17, 15) is 18.4 Å². The summed E-state index contributed by atoms with van der Waals surface area (Å²) in [5, 5.41) is 10.1. The van der Waals surface area contributed by atoms with E-state index in [-0.39, 0.29) is 34.7 Å². The minimum absolute atomic E-state index is 0.0521. The monoisotopic (exact) mass is 486 g/mol. The van der Waals surface area contributed by atoms with E-state index in [4.69, 9.17) is 4.74 Å². The Labute approximate surface area is 199 Å². The van der Waals surface area contributed by atoms with Crippen LogP contribution in [-0.4, -0.2) is 37.5 Å². The zero-order chi connectivity index (χ0) is 24.2. The van der Waals surface area contributed by atoms with E-state index < -0.39 is 11.6 Å². The van der Waals surface area contributed by atoms with Gasteiger partial charge in [0.15, 0.2) is 22.5 Å². The predicted molar refractivity (Wildman–Crippen MR) is 127 cm³/mol. The van der Waals surface area contributed by atoms with Gasteiger partial charge in [-0.15, -0.1) is 11.3 Å². The lowest BCUT2D eigenvalue weighted by Crippen LogP contribution is -2.23. The van der Waals surface area contributed by atoms with Gasteiger partial charge in [0.2, 0.25) is 5.91 Å². The SMILES string of the molecule is CNC(=O)c1c(CC(=O)Nc2nc(-c3cc(F)c(OCC4CC4)c(F)c3)cs2)cccc1NC. The molecule has 0 spiro atoms. The highest BCUT2D eigenvalue weighted by molar-refractivity contribution is 7.14. The van der Waals surface area contributed by atoms with Crippen LogP contribution in [0.4, 0.5) is 19.6 Å². The number of anilines is 2. The van der Waals surface area contributed by atoms with Crippen molar-refractivity contribution in [2.24, 2.45) is 5.92 Å². The van der Waals surface area contributed by atoms with Crippen LogP contribution in [0, 0.1) is 17.6 Å². The van der Waals surface area contributed by atoms with Gasteiger partial charge in [0.25, 0.3) is 5.91 Å². The van der Waals surface area contributed by atoms with Crippen molar-refractivity contribution in [3.05, 3.63) is 58.5 Å². The Morgan fingerprint density at radius 3 is 2.56 bits per heavy atom. The molecule has 0 bridgehead atoms. The number of amides is 2. The fraction of sp³-hybridized carbons (Fsp3) is 0.292. The number of hydrogen-bond donors (Lipinski definition) is 3. The van der Waals surface area contributed by atoms with Crippen LogP contribution in [-0.2, 0) is 11.2 Å². The second kappa shape index (κ2) is 10.2. The Bertz CT molecular complexity index is 1200. The summed E-state index contributed by atoms with van der Waals surface area (Å²) in [5.41, 5.74) is 2.11. The van der Waals surface area contributed by atoms with Crippen LogP contribution in [0.1, 0.15) is 28.8 Å². The highest BCUT2D eigenvalue weighted by Crippen LogP contribution is 2.34. The lowest BCUT2D eigenvalue weighted by atomic mass is 10.0. The van der Waals surface area contributed by atoms with E-state index in [2.05, 4.69) is 20.9 Å². The summed E-state index contributed by atoms with van der Waals surface area (Å²) in [5.74, 6) is -2.27. The Morgan fingerprint density at radius 2 is 1.91 bits per heavy atom. The van der Waals surface area contributed by atoms with Crippen LogP contribution >= 0.6 is 11.3 Å². The molecule has 178 valence electrons. The average molecular weight is 487 g/mol. The fourth-order valence-corrected chi connectivity index (χ4v) is 4.22. The lowest BCUT2D eigenvalue weighted by molar-refractivity contribution is -0.115. The van der Waals surface area contributed by atoms with Crippen LogP contribution in [0.15, 0.2) is 35.7 Å². The molecule has 2 amide bonds. The summed E-state index contributed by atoms with van der Waals surface area (Å²) in [4.78, 5) is 29.2. The molecule has 1 aliphatic carbocycles. The van der Waals surface area contributed by atoms with Gasteiger partial charge in [0, 0.05) is 30.7 Å². The zero-order valence-electron chi connectivity index (χ0n) is 18.7. The number of ether oxygens (including phenoxy) is 1. The molecule has 2 aromatic carbocycles. The topological polar surface area (TPSA) is 92.4 Å². The van der Waals surface area contributed by atoms with Crippen LogP contribution in [0.3, 0.4) is 0 Å². The fourth-order valence-electron chi connectivity index (χ4n) is 3.48. The van der Waals surface area contributed by atoms with E-state index in [1.807, 2.05) is 0 Å². The van der Waals surface area contributed by atoms with Crippen molar-refractivity contribution in [3.63, 3.8) is 0 Å². The summed E-state index contributed by atoms with van der Waals surface area (Å²) < 4.78 is 34.1. The van der Waals surface area contributed by atoms with Crippen molar-refractivity contribution in [1.29, 1.82) is 0 Å². The van der Waals surface area contributed by atoms with Crippen LogP contribution < -0.4 is 20.7 Å². The predicted octanol–water partition coefficient (Wildman–Crippen LogP) is 4.46. The van der Waals surface area contributed by atoms with Crippen LogP contribution in [0.2, 0.25) is 0 Å². The number of nitrogens with one attached hydrogen (secondary N) is 3. The molecule has 3 N–H and O–H groups in total. The van der Waals surface area contributed by atoms with Crippen molar-refractivity contribution in [2.75, 3.05) is 31.3 Å². The molecule has 10 heteroatoms. The summed E-state index contributed by atoms with van der Waals surface area (Å²) in [6, 6.07) is 7.55. The summed E-state index contributed by atoms with van der Waals surface area (Å²) in [7, 11) is 3.22. The Hall–Kier alpha value is -3.53. The third-order valence-corrected chi connectivity index (χ3v) is 6.19. The van der Waals surface area contributed by atoms with Gasteiger partial charge in [-0.25, -0.2) is 13.8 Å². The van der Waals surface area contributed by atoms with Gasteiger partial charge in [0.05, 0.1) is 24.3 Å². The van der Waals surface area contributed by atoms with Gasteiger partial charge in [-0.3, -0.25) is 9.59 Å². The normalized spacial score (nSPS) is 12.8. The van der Waals surface area contributed by atoms with Crippen molar-refractivity contribution in [1.82, 2.24) is 10.3 Å². The number of thiazole rings is 1. The van der Waals surface area contributed by atoms with Crippen molar-refractivity contribution >= 4 is 34.0 Å². The molecule has 34 heavy (non-hydrogen) atoms. The van der Waals surface area contributed by atoms with Crippen molar-refractivity contribution < 1.29 is 23.1 Å². The molecule has 1 aromatic heterocycles. The van der Waals surface area contributed by atoms with E-state index in [0.29, 0.717) is 35.0 Å². The lowest BCUT2D eigenvalue weighted by Gasteiger charge is -2.13. The second-order valence-electron chi connectivity index (χ2n) is 7.96. The third-order valence-electron chi connectivity index (χ3n) is 5.43. The summed E-state index contributed by atoms with van der Waals surface area (Å²) in [6.45, 7) is 0.304. The smallest absolute Gasteiger partial charge is 0.253 e. The molecule has 1 heterocycles. The van der Waals surface area contributed by atoms with Crippen molar-refractivity contribution in [2.45, 2.75) is 19.3 Å². The van der Waals surface area contributed by atoms with Gasteiger partial charge in [0.1, 0.15) is 0 Å². The molecule has 1 saturated carbocycles. The Morgan fingerprint density at radius 1 is 1.18 bits per heavy atom. The van der Waals surface area contributed by atoms with E-state index in [1.54, 1.807) is 30.6 Å². The van der Waals surface area contributed by atoms with Gasteiger partial charge >= 0.3 is 0 Å². The van der Waals surface area contributed by atoms with Crippen molar-refractivity contribution in [3.8, 4) is 17.0 Å². The molecule has 4 rings (SSSR count). The number of aromatic nitrogens is 1. The molecule has 0 unspecified atom stereocenters. The molecule has 1 fully saturated rings. The molecular formula is C24H24F2N4O3S. The number of hydrogen-bond acceptors (Lipinski definition) is 6. The summed E-state index contributed by atoms with van der Waals surface area (Å²) >= 11 is 1.13. The first-order chi connectivity index (χ1) is 16.4. The molecule has 0 radical (unpaired) electrons. The zero-order valence-corrected chi connectivity index (χ0v) is 19.5. The maximum atomic E-state index is 14.4. The Balaban J connectivity index is 1.46. The number of rotatable bonds is 9. The first kappa shape index (κ1) is 23.6. The molecular weight excluding hydrogens is 462 g/mol. The first-order valence-electron chi connectivity index (χ1n) is 10.8. The minimum atomic E-state index is -0.791. The van der Waals surface area contributed by atoms with E-state index in [0.717, 1.165) is 24.2 Å². The van der Waals surface area contributed by atoms with Gasteiger partial charge in [-0.05, 0) is 42.5 Å². The highest BCUT2D eigenvalue weighted by Gasteiger charge is 2.24. The maximum Gasteiger partial charge on any atom is 0.253 e. The van der Waals surface area contributed by atoms with Gasteiger partial charge < -0.3 is 20.7 Å². The van der Waals surface area contributed by atoms with E-state index >= 15 is 0 Å². The number of benzene rings is 2.